The van der Waals surface area contributed by atoms with Gasteiger partial charge in [0.15, 0.2) is 0 Å². The van der Waals surface area contributed by atoms with Gasteiger partial charge in [-0.05, 0) is 43.3 Å². The van der Waals surface area contributed by atoms with Gasteiger partial charge in [-0.25, -0.2) is 4.98 Å². The van der Waals surface area contributed by atoms with Crippen molar-refractivity contribution in [3.8, 4) is 5.75 Å². The highest BCUT2D eigenvalue weighted by molar-refractivity contribution is 5.75. The van der Waals surface area contributed by atoms with E-state index in [1.807, 2.05) is 42.5 Å². The average Bonchev–Trinajstić information content (AvgIpc) is 2.84. The molecule has 0 radical (unpaired) electrons. The first-order valence-corrected chi connectivity index (χ1v) is 6.70. The smallest absolute Gasteiger partial charge is 0.147 e. The molecule has 4 heteroatoms. The van der Waals surface area contributed by atoms with E-state index in [0.29, 0.717) is 6.61 Å². The first kappa shape index (κ1) is 12.5. The lowest BCUT2D eigenvalue weighted by Crippen LogP contribution is -2.05. The molecule has 1 heterocycles. The van der Waals surface area contributed by atoms with Crippen LogP contribution in [0.15, 0.2) is 48.5 Å². The third kappa shape index (κ3) is 2.32. The summed E-state index contributed by atoms with van der Waals surface area (Å²) in [6.45, 7) is 3.44. The largest absolute Gasteiger partial charge is 0.486 e. The van der Waals surface area contributed by atoms with Crippen LogP contribution in [0.5, 0.6) is 5.75 Å². The van der Waals surface area contributed by atoms with Crippen molar-refractivity contribution in [3.63, 3.8) is 0 Å². The van der Waals surface area contributed by atoms with Crippen LogP contribution in [0.2, 0.25) is 0 Å². The molecule has 3 aromatic rings. The molecule has 0 aliphatic rings. The summed E-state index contributed by atoms with van der Waals surface area (Å²) in [5.74, 6) is 1.74. The van der Waals surface area contributed by atoms with Gasteiger partial charge in [0.25, 0.3) is 0 Å². The van der Waals surface area contributed by atoms with Gasteiger partial charge in [-0.1, -0.05) is 12.1 Å². The van der Waals surface area contributed by atoms with Gasteiger partial charge in [0.1, 0.15) is 18.2 Å². The molecule has 102 valence electrons. The van der Waals surface area contributed by atoms with E-state index in [1.54, 1.807) is 0 Å². The molecule has 1 aromatic heterocycles. The molecule has 0 aliphatic carbocycles. The van der Waals surface area contributed by atoms with Crippen LogP contribution in [0.3, 0.4) is 0 Å². The number of nitrogens with zero attached hydrogens (tertiary/aromatic N) is 2. The van der Waals surface area contributed by atoms with Gasteiger partial charge in [0.2, 0.25) is 0 Å². The monoisotopic (exact) mass is 267 g/mol. The van der Waals surface area contributed by atoms with Crippen molar-refractivity contribution in [1.29, 1.82) is 0 Å². The molecule has 3 rings (SSSR count). The number of nitrogen functional groups attached to an aromatic ring is 1. The van der Waals surface area contributed by atoms with E-state index in [-0.39, 0.29) is 0 Å². The van der Waals surface area contributed by atoms with Crippen LogP contribution in [0.25, 0.3) is 11.0 Å². The zero-order chi connectivity index (χ0) is 13.9. The second-order valence-corrected chi connectivity index (χ2v) is 4.62. The van der Waals surface area contributed by atoms with Gasteiger partial charge >= 0.3 is 0 Å². The van der Waals surface area contributed by atoms with Crippen molar-refractivity contribution in [1.82, 2.24) is 9.55 Å². The summed E-state index contributed by atoms with van der Waals surface area (Å²) < 4.78 is 7.95. The van der Waals surface area contributed by atoms with E-state index in [4.69, 9.17) is 10.5 Å². The Labute approximate surface area is 117 Å². The predicted molar refractivity (Wildman–Crippen MR) is 80.6 cm³/mol. The third-order valence-electron chi connectivity index (χ3n) is 3.30. The van der Waals surface area contributed by atoms with Gasteiger partial charge in [-0.2, -0.15) is 0 Å². The molecule has 0 unspecified atom stereocenters. The van der Waals surface area contributed by atoms with Crippen molar-refractivity contribution in [2.75, 3.05) is 5.73 Å². The van der Waals surface area contributed by atoms with Crippen molar-refractivity contribution < 1.29 is 4.74 Å². The maximum Gasteiger partial charge on any atom is 0.147 e. The van der Waals surface area contributed by atoms with Gasteiger partial charge in [0, 0.05) is 12.2 Å². The second kappa shape index (κ2) is 5.25. The van der Waals surface area contributed by atoms with Crippen LogP contribution in [0.1, 0.15) is 12.7 Å². The van der Waals surface area contributed by atoms with E-state index in [0.717, 1.165) is 34.8 Å². The van der Waals surface area contributed by atoms with E-state index < -0.39 is 0 Å². The van der Waals surface area contributed by atoms with Crippen LogP contribution >= 0.6 is 0 Å². The highest BCUT2D eigenvalue weighted by atomic mass is 16.5. The Hall–Kier alpha value is -2.49. The highest BCUT2D eigenvalue weighted by Gasteiger charge is 2.09. The Bertz CT molecular complexity index is 716. The maximum atomic E-state index is 5.78. The Morgan fingerprint density at radius 1 is 1.10 bits per heavy atom. The second-order valence-electron chi connectivity index (χ2n) is 4.62. The topological polar surface area (TPSA) is 53.1 Å². The minimum atomic E-state index is 0.451. The van der Waals surface area contributed by atoms with E-state index >= 15 is 0 Å². The normalized spacial score (nSPS) is 10.8. The molecule has 2 aromatic carbocycles. The minimum absolute atomic E-state index is 0.451. The fourth-order valence-corrected chi connectivity index (χ4v) is 2.30. The summed E-state index contributed by atoms with van der Waals surface area (Å²) in [6.07, 6.45) is 0. The molecule has 0 atom stereocenters. The van der Waals surface area contributed by atoms with Gasteiger partial charge in [-0.3, -0.25) is 0 Å². The lowest BCUT2D eigenvalue weighted by atomic mass is 10.3. The molecule has 0 amide bonds. The summed E-state index contributed by atoms with van der Waals surface area (Å²) in [7, 11) is 0. The number of benzene rings is 2. The van der Waals surface area contributed by atoms with Crippen LogP contribution in [-0.4, -0.2) is 9.55 Å². The standard InChI is InChI=1S/C16H17N3O/c1-2-19-15-6-4-3-5-14(15)18-16(19)11-20-13-9-7-12(17)8-10-13/h3-10H,2,11,17H2,1H3. The van der Waals surface area contributed by atoms with Crippen LogP contribution in [0, 0.1) is 0 Å². The Morgan fingerprint density at radius 3 is 2.60 bits per heavy atom. The van der Waals surface area contributed by atoms with Crippen LogP contribution in [-0.2, 0) is 13.2 Å². The first-order chi connectivity index (χ1) is 9.78. The number of ether oxygens (including phenoxy) is 1. The number of rotatable bonds is 4. The number of hydrogen-bond donors (Lipinski definition) is 1. The molecule has 4 nitrogen and oxygen atoms in total. The summed E-state index contributed by atoms with van der Waals surface area (Å²) in [4.78, 5) is 4.63. The van der Waals surface area contributed by atoms with Crippen LogP contribution < -0.4 is 10.5 Å². The lowest BCUT2D eigenvalue weighted by molar-refractivity contribution is 0.291. The summed E-state index contributed by atoms with van der Waals surface area (Å²) in [6, 6.07) is 15.5. The maximum absolute atomic E-state index is 5.78. The van der Waals surface area contributed by atoms with E-state index in [1.165, 1.54) is 0 Å². The molecule has 0 fully saturated rings. The number of imidazole rings is 1. The zero-order valence-corrected chi connectivity index (χ0v) is 11.4. The average molecular weight is 267 g/mol. The summed E-state index contributed by atoms with van der Waals surface area (Å²) in [5, 5.41) is 0. The Balaban J connectivity index is 1.85. The molecule has 2 N–H and O–H groups in total. The fourth-order valence-electron chi connectivity index (χ4n) is 2.30. The number of fused-ring (bicyclic) bond motifs is 1. The van der Waals surface area contributed by atoms with E-state index in [9.17, 15) is 0 Å². The summed E-state index contributed by atoms with van der Waals surface area (Å²) >= 11 is 0. The lowest BCUT2D eigenvalue weighted by Gasteiger charge is -2.08. The van der Waals surface area contributed by atoms with Crippen LogP contribution in [0.4, 0.5) is 5.69 Å². The number of aryl methyl sites for hydroxylation is 1. The number of anilines is 1. The van der Waals surface area contributed by atoms with Gasteiger partial charge in [0.05, 0.1) is 11.0 Å². The quantitative estimate of drug-likeness (QED) is 0.738. The van der Waals surface area contributed by atoms with Crippen molar-refractivity contribution in [2.45, 2.75) is 20.1 Å². The molecular formula is C16H17N3O. The minimum Gasteiger partial charge on any atom is -0.486 e. The van der Waals surface area contributed by atoms with Gasteiger partial charge < -0.3 is 15.0 Å². The van der Waals surface area contributed by atoms with Crippen molar-refractivity contribution in [3.05, 3.63) is 54.4 Å². The fraction of sp³-hybridized carbons (Fsp3) is 0.188. The zero-order valence-electron chi connectivity index (χ0n) is 11.4. The number of nitrogens with two attached hydrogens (primary N) is 1. The summed E-state index contributed by atoms with van der Waals surface area (Å²) in [5.41, 5.74) is 8.54. The van der Waals surface area contributed by atoms with E-state index in [2.05, 4.69) is 22.5 Å². The molecular weight excluding hydrogens is 250 g/mol. The molecule has 0 bridgehead atoms. The first-order valence-electron chi connectivity index (χ1n) is 6.70. The third-order valence-corrected chi connectivity index (χ3v) is 3.30. The highest BCUT2D eigenvalue weighted by Crippen LogP contribution is 2.19. The number of aromatic nitrogens is 2. The Kier molecular flexibility index (Phi) is 3.29. The number of para-hydroxylation sites is 2. The number of hydrogen-bond acceptors (Lipinski definition) is 3. The van der Waals surface area contributed by atoms with Gasteiger partial charge in [-0.15, -0.1) is 0 Å². The molecule has 0 spiro atoms. The molecule has 0 saturated carbocycles. The van der Waals surface area contributed by atoms with Crippen molar-refractivity contribution >= 4 is 16.7 Å². The molecule has 0 saturated heterocycles. The van der Waals surface area contributed by atoms with Crippen molar-refractivity contribution in [2.24, 2.45) is 0 Å². The predicted octanol–water partition coefficient (Wildman–Crippen LogP) is 3.22. The molecule has 20 heavy (non-hydrogen) atoms. The SMILES string of the molecule is CCn1c(COc2ccc(N)cc2)nc2ccccc21. The Morgan fingerprint density at radius 2 is 1.85 bits per heavy atom. The molecule has 0 aliphatic heterocycles.